The van der Waals surface area contributed by atoms with Gasteiger partial charge in [-0.25, -0.2) is 0 Å². The average Bonchev–Trinajstić information content (AvgIpc) is 3.21. The van der Waals surface area contributed by atoms with Gasteiger partial charge in [-0.15, -0.1) is 11.8 Å². The predicted molar refractivity (Wildman–Crippen MR) is 109 cm³/mol. The highest BCUT2D eigenvalue weighted by Gasteiger charge is 2.23. The number of hydrogen-bond acceptors (Lipinski definition) is 6. The Balaban J connectivity index is 1.73. The number of amides is 2. The Hall–Kier alpha value is -1.90. The van der Waals surface area contributed by atoms with Crippen LogP contribution >= 0.6 is 23.4 Å². The molecule has 0 aromatic heterocycles. The van der Waals surface area contributed by atoms with Crippen molar-refractivity contribution in [3.8, 4) is 5.75 Å². The summed E-state index contributed by atoms with van der Waals surface area (Å²) < 4.78 is 16.3. The molecule has 1 unspecified atom stereocenters. The van der Waals surface area contributed by atoms with Crippen molar-refractivity contribution in [2.24, 2.45) is 0 Å². The highest BCUT2D eigenvalue weighted by atomic mass is 35.5. The third-order valence-electron chi connectivity index (χ3n) is 4.47. The number of methoxy groups -OCH3 is 1. The fourth-order valence-electron chi connectivity index (χ4n) is 3.01. The zero-order valence-electron chi connectivity index (χ0n) is 15.8. The number of thioether (sulfide) groups is 1. The zero-order valence-corrected chi connectivity index (χ0v) is 17.4. The van der Waals surface area contributed by atoms with Gasteiger partial charge < -0.3 is 24.8 Å². The van der Waals surface area contributed by atoms with Gasteiger partial charge in [0.2, 0.25) is 0 Å². The van der Waals surface area contributed by atoms with Crippen LogP contribution in [-0.4, -0.2) is 50.5 Å². The van der Waals surface area contributed by atoms with E-state index in [0.717, 1.165) is 19.4 Å². The van der Waals surface area contributed by atoms with Crippen molar-refractivity contribution >= 4 is 40.9 Å². The summed E-state index contributed by atoms with van der Waals surface area (Å²) in [6.45, 7) is 3.49. The Morgan fingerprint density at radius 2 is 2.14 bits per heavy atom. The fourth-order valence-corrected chi connectivity index (χ4v) is 4.04. The number of anilines is 1. The van der Waals surface area contributed by atoms with E-state index >= 15 is 0 Å². The van der Waals surface area contributed by atoms with Gasteiger partial charge in [0, 0.05) is 25.0 Å². The first-order valence-corrected chi connectivity index (χ1v) is 10.4. The molecule has 2 aliphatic heterocycles. The van der Waals surface area contributed by atoms with Crippen molar-refractivity contribution in [2.45, 2.75) is 25.9 Å². The number of allylic oxidation sites excluding steroid dienone is 1. The highest BCUT2D eigenvalue weighted by molar-refractivity contribution is 8.04. The van der Waals surface area contributed by atoms with Gasteiger partial charge in [0.25, 0.3) is 11.8 Å². The summed E-state index contributed by atoms with van der Waals surface area (Å²) in [5.41, 5.74) is 0.667. The van der Waals surface area contributed by atoms with E-state index in [4.69, 9.17) is 25.8 Å². The SMILES string of the molecule is COc1cc(NC(=O)C2=C(C)OCCS2)c(Cl)cc1C(=O)NCC1CCCO1. The van der Waals surface area contributed by atoms with Crippen molar-refractivity contribution < 1.29 is 23.8 Å². The molecule has 0 radical (unpaired) electrons. The van der Waals surface area contributed by atoms with Crippen LogP contribution in [-0.2, 0) is 14.3 Å². The number of halogens is 1. The number of ether oxygens (including phenoxy) is 3. The second kappa shape index (κ2) is 9.54. The van der Waals surface area contributed by atoms with E-state index in [9.17, 15) is 9.59 Å². The molecule has 0 bridgehead atoms. The van der Waals surface area contributed by atoms with E-state index < -0.39 is 0 Å². The molecule has 28 heavy (non-hydrogen) atoms. The van der Waals surface area contributed by atoms with Crippen LogP contribution < -0.4 is 15.4 Å². The molecule has 2 aliphatic rings. The summed E-state index contributed by atoms with van der Waals surface area (Å²) in [4.78, 5) is 25.6. The first-order chi connectivity index (χ1) is 13.5. The molecule has 9 heteroatoms. The first-order valence-electron chi connectivity index (χ1n) is 9.04. The van der Waals surface area contributed by atoms with E-state index in [2.05, 4.69) is 10.6 Å². The van der Waals surface area contributed by atoms with Crippen LogP contribution in [0.4, 0.5) is 5.69 Å². The lowest BCUT2D eigenvalue weighted by molar-refractivity contribution is -0.112. The van der Waals surface area contributed by atoms with Crippen LogP contribution in [0.5, 0.6) is 5.75 Å². The summed E-state index contributed by atoms with van der Waals surface area (Å²) in [6, 6.07) is 3.04. The fraction of sp³-hybridized carbons (Fsp3) is 0.474. The Morgan fingerprint density at radius 3 is 2.82 bits per heavy atom. The van der Waals surface area contributed by atoms with Gasteiger partial charge in [0.15, 0.2) is 0 Å². The van der Waals surface area contributed by atoms with E-state index in [1.54, 1.807) is 13.0 Å². The molecule has 1 fully saturated rings. The maximum Gasteiger partial charge on any atom is 0.265 e. The average molecular weight is 427 g/mol. The lowest BCUT2D eigenvalue weighted by Crippen LogP contribution is -2.32. The summed E-state index contributed by atoms with van der Waals surface area (Å²) in [5.74, 6) is 1.01. The van der Waals surface area contributed by atoms with E-state index in [1.165, 1.54) is 24.9 Å². The highest BCUT2D eigenvalue weighted by Crippen LogP contribution is 2.33. The van der Waals surface area contributed by atoms with E-state index in [1.807, 2.05) is 0 Å². The molecule has 1 saturated heterocycles. The van der Waals surface area contributed by atoms with Gasteiger partial charge in [-0.1, -0.05) is 11.6 Å². The summed E-state index contributed by atoms with van der Waals surface area (Å²) in [6.07, 6.45) is 1.97. The number of carbonyl (C=O) groups is 2. The normalized spacial score (nSPS) is 19.2. The third kappa shape index (κ3) is 4.92. The van der Waals surface area contributed by atoms with Crippen molar-refractivity contribution in [1.82, 2.24) is 5.32 Å². The number of hydrogen-bond donors (Lipinski definition) is 2. The van der Waals surface area contributed by atoms with Crippen LogP contribution in [0.2, 0.25) is 5.02 Å². The van der Waals surface area contributed by atoms with Crippen LogP contribution in [0, 0.1) is 0 Å². The van der Waals surface area contributed by atoms with Crippen molar-refractivity contribution in [3.63, 3.8) is 0 Å². The Bertz CT molecular complexity index is 793. The molecule has 7 nitrogen and oxygen atoms in total. The number of rotatable bonds is 6. The Kier molecular flexibility index (Phi) is 7.09. The van der Waals surface area contributed by atoms with Gasteiger partial charge in [-0.3, -0.25) is 9.59 Å². The lowest BCUT2D eigenvalue weighted by atomic mass is 10.1. The summed E-state index contributed by atoms with van der Waals surface area (Å²) in [5, 5.41) is 5.86. The monoisotopic (exact) mass is 426 g/mol. The van der Waals surface area contributed by atoms with E-state index in [-0.39, 0.29) is 22.9 Å². The third-order valence-corrected chi connectivity index (χ3v) is 5.92. The first kappa shape index (κ1) is 20.8. The number of carbonyl (C=O) groups excluding carboxylic acids is 2. The van der Waals surface area contributed by atoms with Gasteiger partial charge in [-0.2, -0.15) is 0 Å². The summed E-state index contributed by atoms with van der Waals surface area (Å²) >= 11 is 7.75. The molecule has 2 N–H and O–H groups in total. The molecular weight excluding hydrogens is 404 g/mol. The van der Waals surface area contributed by atoms with Crippen LogP contribution in [0.3, 0.4) is 0 Å². The molecule has 0 saturated carbocycles. The predicted octanol–water partition coefficient (Wildman–Crippen LogP) is 3.19. The molecule has 0 spiro atoms. The second-order valence-corrected chi connectivity index (χ2v) is 7.93. The van der Waals surface area contributed by atoms with Gasteiger partial charge >= 0.3 is 0 Å². The molecule has 1 aromatic carbocycles. The minimum Gasteiger partial charge on any atom is -0.496 e. The van der Waals surface area contributed by atoms with Crippen molar-refractivity contribution in [2.75, 3.05) is 37.9 Å². The standard InChI is InChI=1S/C19H23ClN2O5S/c1-11-17(28-7-6-26-11)19(24)22-15-9-16(25-2)13(8-14(15)20)18(23)21-10-12-4-3-5-27-12/h8-9,12H,3-7,10H2,1-2H3,(H,21,23)(H,22,24). The largest absolute Gasteiger partial charge is 0.496 e. The quantitative estimate of drug-likeness (QED) is 0.726. The molecular formula is C19H23ClN2O5S. The second-order valence-electron chi connectivity index (χ2n) is 6.41. The minimum atomic E-state index is -0.304. The maximum atomic E-state index is 12.5. The van der Waals surface area contributed by atoms with E-state index in [0.29, 0.717) is 46.6 Å². The minimum absolute atomic E-state index is 0.0377. The smallest absolute Gasteiger partial charge is 0.265 e. The zero-order chi connectivity index (χ0) is 20.1. The number of nitrogens with one attached hydrogen (secondary N) is 2. The topological polar surface area (TPSA) is 85.9 Å². The molecule has 0 aliphatic carbocycles. The maximum absolute atomic E-state index is 12.5. The van der Waals surface area contributed by atoms with Crippen LogP contribution in [0.15, 0.2) is 22.8 Å². The summed E-state index contributed by atoms with van der Waals surface area (Å²) in [7, 11) is 1.46. The molecule has 3 rings (SSSR count). The lowest BCUT2D eigenvalue weighted by Gasteiger charge is -2.19. The molecule has 2 heterocycles. The van der Waals surface area contributed by atoms with Gasteiger partial charge in [0.1, 0.15) is 16.4 Å². The van der Waals surface area contributed by atoms with Gasteiger partial charge in [-0.05, 0) is 25.8 Å². The van der Waals surface area contributed by atoms with Crippen molar-refractivity contribution in [3.05, 3.63) is 33.4 Å². The van der Waals surface area contributed by atoms with Gasteiger partial charge in [0.05, 0.1) is 36.1 Å². The molecule has 2 amide bonds. The Labute approximate surface area is 173 Å². The molecule has 1 aromatic rings. The number of benzene rings is 1. The van der Waals surface area contributed by atoms with Crippen LogP contribution in [0.25, 0.3) is 0 Å². The van der Waals surface area contributed by atoms with Crippen molar-refractivity contribution in [1.29, 1.82) is 0 Å². The van der Waals surface area contributed by atoms with Crippen LogP contribution in [0.1, 0.15) is 30.1 Å². The molecule has 152 valence electrons. The Morgan fingerprint density at radius 1 is 1.32 bits per heavy atom. The molecule has 1 atom stereocenters.